The van der Waals surface area contributed by atoms with E-state index in [4.69, 9.17) is 4.98 Å². The molecule has 1 saturated carbocycles. The molecule has 0 saturated heterocycles. The molecule has 0 atom stereocenters. The third-order valence-corrected chi connectivity index (χ3v) is 7.44. The highest BCUT2D eigenvalue weighted by Gasteiger charge is 2.20. The van der Waals surface area contributed by atoms with E-state index in [1.165, 1.54) is 31.7 Å². The summed E-state index contributed by atoms with van der Waals surface area (Å²) in [6.45, 7) is 2.98. The number of fused-ring (bicyclic) bond motifs is 2. The topological polar surface area (TPSA) is 59.4 Å². The first-order valence-electron chi connectivity index (χ1n) is 12.1. The minimum Gasteiger partial charge on any atom is -0.346 e. The van der Waals surface area contributed by atoms with Gasteiger partial charge in [-0.05, 0) is 61.6 Å². The summed E-state index contributed by atoms with van der Waals surface area (Å²) in [5, 5.41) is 15.9. The Morgan fingerprint density at radius 1 is 1.03 bits per heavy atom. The van der Waals surface area contributed by atoms with Crippen molar-refractivity contribution >= 4 is 21.8 Å². The molecule has 0 radical (unpaired) electrons. The number of pyridine rings is 1. The predicted octanol–water partition coefficient (Wildman–Crippen LogP) is 6.77. The van der Waals surface area contributed by atoms with Crippen molar-refractivity contribution in [1.82, 2.24) is 19.3 Å². The van der Waals surface area contributed by atoms with Crippen molar-refractivity contribution in [3.8, 4) is 28.5 Å². The highest BCUT2D eigenvalue weighted by atomic mass is 19.1. The molecule has 0 bridgehead atoms. The minimum atomic E-state index is -0.517. The second kappa shape index (κ2) is 8.35. The minimum absolute atomic E-state index is 0.0432. The summed E-state index contributed by atoms with van der Waals surface area (Å²) in [5.41, 5.74) is 6.47. The maximum atomic E-state index is 14.8. The predicted molar refractivity (Wildman–Crippen MR) is 136 cm³/mol. The molecular weight excluding hydrogens is 437 g/mol. The van der Waals surface area contributed by atoms with E-state index >= 15 is 0 Å². The molecular formula is C29H26FN5. The Labute approximate surface area is 203 Å². The van der Waals surface area contributed by atoms with E-state index in [1.54, 1.807) is 6.07 Å². The quantitative estimate of drug-likeness (QED) is 0.296. The highest BCUT2D eigenvalue weighted by molar-refractivity contribution is 6.02. The van der Waals surface area contributed by atoms with Gasteiger partial charge >= 0.3 is 0 Å². The Balaban J connectivity index is 1.57. The molecule has 174 valence electrons. The van der Waals surface area contributed by atoms with Gasteiger partial charge in [0.25, 0.3) is 0 Å². The Morgan fingerprint density at radius 2 is 1.83 bits per heavy atom. The maximum Gasteiger partial charge on any atom is 0.141 e. The number of hydrogen-bond donors (Lipinski definition) is 0. The van der Waals surface area contributed by atoms with Crippen LogP contribution in [0.1, 0.15) is 36.9 Å². The van der Waals surface area contributed by atoms with Crippen molar-refractivity contribution in [2.75, 3.05) is 0 Å². The van der Waals surface area contributed by atoms with Gasteiger partial charge in [0.05, 0.1) is 34.2 Å². The number of benzene rings is 2. The first-order chi connectivity index (χ1) is 17.0. The average Bonchev–Trinajstić information content (AvgIpc) is 3.59. The zero-order valence-corrected chi connectivity index (χ0v) is 19.9. The van der Waals surface area contributed by atoms with Crippen LogP contribution in [-0.4, -0.2) is 19.3 Å². The Bertz CT molecular complexity index is 1630. The van der Waals surface area contributed by atoms with Gasteiger partial charge in [0.1, 0.15) is 11.9 Å². The van der Waals surface area contributed by atoms with Crippen LogP contribution in [0.25, 0.3) is 44.2 Å². The number of halogens is 1. The van der Waals surface area contributed by atoms with Crippen LogP contribution < -0.4 is 0 Å². The third-order valence-electron chi connectivity index (χ3n) is 7.44. The number of aryl methyl sites for hydroxylation is 2. The van der Waals surface area contributed by atoms with Crippen LogP contribution in [0, 0.1) is 30.0 Å². The van der Waals surface area contributed by atoms with Crippen LogP contribution in [0.3, 0.4) is 0 Å². The summed E-state index contributed by atoms with van der Waals surface area (Å²) in [5.74, 6) is 0.175. The summed E-state index contributed by atoms with van der Waals surface area (Å²) in [6.07, 6.45) is 9.22. The number of aromatic nitrogens is 4. The standard InChI is InChI=1S/C29H26FN5/c1-18-24-13-21(9-10-26(24)34(2)33-18)29-28(20-7-8-22(15-31)25(30)14-20)23-11-12-35(27(23)16-32-29)17-19-5-3-4-6-19/h7-14,16,19H,3-6,17H2,1-2H3. The second-order valence-electron chi connectivity index (χ2n) is 9.65. The van der Waals surface area contributed by atoms with Crippen molar-refractivity contribution < 1.29 is 4.39 Å². The summed E-state index contributed by atoms with van der Waals surface area (Å²) in [6, 6.07) is 15.1. The van der Waals surface area contributed by atoms with Crippen LogP contribution in [0.5, 0.6) is 0 Å². The number of rotatable bonds is 4. The molecule has 0 unspecified atom stereocenters. The van der Waals surface area contributed by atoms with Gasteiger partial charge < -0.3 is 4.57 Å². The fraction of sp³-hybridized carbons (Fsp3) is 0.276. The normalized spacial score (nSPS) is 14.2. The van der Waals surface area contributed by atoms with E-state index in [0.717, 1.165) is 56.4 Å². The molecule has 2 aromatic carbocycles. The van der Waals surface area contributed by atoms with Crippen LogP contribution in [-0.2, 0) is 13.6 Å². The van der Waals surface area contributed by atoms with Crippen molar-refractivity contribution in [3.05, 3.63) is 71.9 Å². The lowest BCUT2D eigenvalue weighted by atomic mass is 9.94. The van der Waals surface area contributed by atoms with E-state index in [-0.39, 0.29) is 5.56 Å². The third kappa shape index (κ3) is 3.59. The molecule has 5 aromatic rings. The lowest BCUT2D eigenvalue weighted by Gasteiger charge is -2.15. The van der Waals surface area contributed by atoms with Gasteiger partial charge in [0, 0.05) is 41.7 Å². The van der Waals surface area contributed by atoms with Crippen LogP contribution in [0.2, 0.25) is 0 Å². The van der Waals surface area contributed by atoms with Gasteiger partial charge in [-0.2, -0.15) is 10.4 Å². The molecule has 35 heavy (non-hydrogen) atoms. The Hall–Kier alpha value is -3.98. The van der Waals surface area contributed by atoms with E-state index in [9.17, 15) is 9.65 Å². The van der Waals surface area contributed by atoms with Crippen molar-refractivity contribution in [2.45, 2.75) is 39.2 Å². The SMILES string of the molecule is Cc1nn(C)c2ccc(-c3ncc4c(ccn4CC4CCCC4)c3-c3ccc(C#N)c(F)c3)cc12. The molecule has 3 aromatic heterocycles. The Kier molecular flexibility index (Phi) is 5.14. The summed E-state index contributed by atoms with van der Waals surface area (Å²) in [4.78, 5) is 4.94. The van der Waals surface area contributed by atoms with E-state index in [0.29, 0.717) is 5.92 Å². The van der Waals surface area contributed by atoms with Crippen LogP contribution >= 0.6 is 0 Å². The highest BCUT2D eigenvalue weighted by Crippen LogP contribution is 2.39. The fourth-order valence-corrected chi connectivity index (χ4v) is 5.65. The number of nitrogens with zero attached hydrogens (tertiary/aromatic N) is 5. The first-order valence-corrected chi connectivity index (χ1v) is 12.1. The Morgan fingerprint density at radius 3 is 2.60 bits per heavy atom. The largest absolute Gasteiger partial charge is 0.346 e. The van der Waals surface area contributed by atoms with Crippen molar-refractivity contribution in [1.29, 1.82) is 5.26 Å². The summed E-state index contributed by atoms with van der Waals surface area (Å²) >= 11 is 0. The van der Waals surface area contributed by atoms with Gasteiger partial charge in [0.15, 0.2) is 0 Å². The van der Waals surface area contributed by atoms with Gasteiger partial charge in [0.2, 0.25) is 0 Å². The molecule has 1 fully saturated rings. The van der Waals surface area contributed by atoms with Gasteiger partial charge in [-0.25, -0.2) is 4.39 Å². The molecule has 1 aliphatic carbocycles. The van der Waals surface area contributed by atoms with Crippen molar-refractivity contribution in [2.24, 2.45) is 13.0 Å². The van der Waals surface area contributed by atoms with E-state index in [1.807, 2.05) is 37.0 Å². The smallest absolute Gasteiger partial charge is 0.141 e. The van der Waals surface area contributed by atoms with E-state index < -0.39 is 5.82 Å². The molecule has 6 heteroatoms. The monoisotopic (exact) mass is 463 g/mol. The molecule has 3 heterocycles. The molecule has 1 aliphatic rings. The molecule has 5 nitrogen and oxygen atoms in total. The zero-order chi connectivity index (χ0) is 24.1. The van der Waals surface area contributed by atoms with Crippen LogP contribution in [0.15, 0.2) is 54.9 Å². The van der Waals surface area contributed by atoms with Crippen molar-refractivity contribution in [3.63, 3.8) is 0 Å². The summed E-state index contributed by atoms with van der Waals surface area (Å²) in [7, 11) is 1.94. The first kappa shape index (κ1) is 21.5. The lowest BCUT2D eigenvalue weighted by Crippen LogP contribution is -2.06. The molecule has 0 aliphatic heterocycles. The number of nitriles is 1. The van der Waals surface area contributed by atoms with Crippen LogP contribution in [0.4, 0.5) is 4.39 Å². The molecule has 0 amide bonds. The lowest BCUT2D eigenvalue weighted by molar-refractivity contribution is 0.466. The average molecular weight is 464 g/mol. The summed E-state index contributed by atoms with van der Waals surface area (Å²) < 4.78 is 18.9. The number of hydrogen-bond acceptors (Lipinski definition) is 3. The maximum absolute atomic E-state index is 14.8. The molecule has 6 rings (SSSR count). The van der Waals surface area contributed by atoms with Gasteiger partial charge in [-0.15, -0.1) is 0 Å². The molecule has 0 N–H and O–H groups in total. The van der Waals surface area contributed by atoms with Gasteiger partial charge in [-0.1, -0.05) is 25.0 Å². The molecule has 0 spiro atoms. The fourth-order valence-electron chi connectivity index (χ4n) is 5.65. The zero-order valence-electron chi connectivity index (χ0n) is 19.9. The van der Waals surface area contributed by atoms with E-state index in [2.05, 4.69) is 40.1 Å². The second-order valence-corrected chi connectivity index (χ2v) is 9.65. The van der Waals surface area contributed by atoms with Gasteiger partial charge in [-0.3, -0.25) is 9.67 Å².